The molecule has 0 fully saturated rings. The number of rotatable bonds is 6. The molecule has 0 aliphatic carbocycles. The number of amides is 2. The molecule has 2 heterocycles. The summed E-state index contributed by atoms with van der Waals surface area (Å²) in [6.07, 6.45) is 0. The van der Waals surface area contributed by atoms with Crippen LogP contribution in [-0.2, 0) is 11.3 Å². The number of nitrogens with one attached hydrogen (secondary N) is 2. The standard InChI is InChI=1S/C17H17N5O2S2/c1-12-18-21-17(22(12)10-13-6-3-2-4-7-13)26-11-15(23)19-20-16(24)14-8-5-9-25-14/h2-9H,10-11H2,1H3,(H,19,23)(H,20,24). The Morgan fingerprint density at radius 2 is 1.92 bits per heavy atom. The number of aromatic nitrogens is 3. The number of hydrogen-bond acceptors (Lipinski definition) is 6. The summed E-state index contributed by atoms with van der Waals surface area (Å²) in [5, 5.41) is 10.7. The molecule has 0 saturated carbocycles. The molecule has 2 amide bonds. The third-order valence-corrected chi connectivity index (χ3v) is 5.31. The second-order valence-corrected chi connectivity index (χ2v) is 7.26. The molecule has 0 aliphatic rings. The number of hydrogen-bond donors (Lipinski definition) is 2. The molecule has 1 aromatic carbocycles. The zero-order valence-corrected chi connectivity index (χ0v) is 15.6. The molecule has 7 nitrogen and oxygen atoms in total. The van der Waals surface area contributed by atoms with Crippen LogP contribution in [0, 0.1) is 6.92 Å². The van der Waals surface area contributed by atoms with Gasteiger partial charge in [0, 0.05) is 0 Å². The highest BCUT2D eigenvalue weighted by Crippen LogP contribution is 2.18. The van der Waals surface area contributed by atoms with Gasteiger partial charge in [0.15, 0.2) is 5.16 Å². The van der Waals surface area contributed by atoms with Crippen LogP contribution in [0.1, 0.15) is 21.1 Å². The van der Waals surface area contributed by atoms with E-state index in [1.807, 2.05) is 41.8 Å². The van der Waals surface area contributed by atoms with Crippen molar-refractivity contribution in [2.45, 2.75) is 18.6 Å². The largest absolute Gasteiger partial charge is 0.302 e. The predicted octanol–water partition coefficient (Wildman–Crippen LogP) is 2.25. The predicted molar refractivity (Wildman–Crippen MR) is 101 cm³/mol. The topological polar surface area (TPSA) is 88.9 Å². The Hall–Kier alpha value is -2.65. The molecule has 2 N–H and O–H groups in total. The van der Waals surface area contributed by atoms with Gasteiger partial charge in [0.05, 0.1) is 17.2 Å². The van der Waals surface area contributed by atoms with Gasteiger partial charge in [0.2, 0.25) is 5.91 Å². The monoisotopic (exact) mass is 387 g/mol. The number of carbonyl (C=O) groups excluding carboxylic acids is 2. The minimum Gasteiger partial charge on any atom is -0.302 e. The second-order valence-electron chi connectivity index (χ2n) is 5.37. The van der Waals surface area contributed by atoms with Gasteiger partial charge in [-0.25, -0.2) is 0 Å². The van der Waals surface area contributed by atoms with E-state index in [0.29, 0.717) is 16.6 Å². The fourth-order valence-electron chi connectivity index (χ4n) is 2.18. The highest BCUT2D eigenvalue weighted by Gasteiger charge is 2.13. The van der Waals surface area contributed by atoms with Gasteiger partial charge >= 0.3 is 0 Å². The third-order valence-electron chi connectivity index (χ3n) is 3.48. The lowest BCUT2D eigenvalue weighted by atomic mass is 10.2. The Labute approximate surface area is 158 Å². The fourth-order valence-corrected chi connectivity index (χ4v) is 3.58. The van der Waals surface area contributed by atoms with E-state index in [2.05, 4.69) is 21.0 Å². The maximum Gasteiger partial charge on any atom is 0.279 e. The van der Waals surface area contributed by atoms with Gasteiger partial charge in [-0.1, -0.05) is 48.2 Å². The highest BCUT2D eigenvalue weighted by molar-refractivity contribution is 7.99. The Bertz CT molecular complexity index is 878. The molecule has 3 rings (SSSR count). The van der Waals surface area contributed by atoms with Crippen molar-refractivity contribution >= 4 is 34.9 Å². The average Bonchev–Trinajstić information content (AvgIpc) is 3.30. The van der Waals surface area contributed by atoms with Gasteiger partial charge in [0.25, 0.3) is 5.91 Å². The van der Waals surface area contributed by atoms with Crippen molar-refractivity contribution in [1.29, 1.82) is 0 Å². The Morgan fingerprint density at radius 3 is 2.65 bits per heavy atom. The molecule has 0 saturated heterocycles. The normalized spacial score (nSPS) is 10.5. The molecule has 26 heavy (non-hydrogen) atoms. The highest BCUT2D eigenvalue weighted by atomic mass is 32.2. The number of thiophene rings is 1. The molecular weight excluding hydrogens is 370 g/mol. The summed E-state index contributed by atoms with van der Waals surface area (Å²) < 4.78 is 1.96. The first-order valence-electron chi connectivity index (χ1n) is 7.82. The van der Waals surface area contributed by atoms with Gasteiger partial charge in [-0.2, -0.15) is 0 Å². The molecule has 3 aromatic rings. The number of thioether (sulfide) groups is 1. The maximum atomic E-state index is 12.0. The van der Waals surface area contributed by atoms with Crippen molar-refractivity contribution in [1.82, 2.24) is 25.6 Å². The molecule has 134 valence electrons. The number of carbonyl (C=O) groups is 2. The van der Waals surface area contributed by atoms with Crippen LogP contribution in [0.2, 0.25) is 0 Å². The lowest BCUT2D eigenvalue weighted by Gasteiger charge is -2.09. The maximum absolute atomic E-state index is 12.0. The van der Waals surface area contributed by atoms with Crippen molar-refractivity contribution in [3.05, 3.63) is 64.1 Å². The van der Waals surface area contributed by atoms with Crippen molar-refractivity contribution in [3.8, 4) is 0 Å². The summed E-state index contributed by atoms with van der Waals surface area (Å²) in [6, 6.07) is 13.4. The van der Waals surface area contributed by atoms with Gasteiger partial charge < -0.3 is 4.57 Å². The van der Waals surface area contributed by atoms with E-state index in [-0.39, 0.29) is 17.6 Å². The van der Waals surface area contributed by atoms with Crippen LogP contribution in [0.5, 0.6) is 0 Å². The minimum atomic E-state index is -0.332. The zero-order valence-electron chi connectivity index (χ0n) is 14.0. The third kappa shape index (κ3) is 4.70. The van der Waals surface area contributed by atoms with Crippen molar-refractivity contribution in [3.63, 3.8) is 0 Å². The molecule has 0 aliphatic heterocycles. The Morgan fingerprint density at radius 1 is 1.12 bits per heavy atom. The van der Waals surface area contributed by atoms with Crippen LogP contribution < -0.4 is 10.9 Å². The fraction of sp³-hybridized carbons (Fsp3) is 0.176. The Balaban J connectivity index is 1.53. The molecule has 0 radical (unpaired) electrons. The number of hydrazine groups is 1. The molecule has 9 heteroatoms. The number of aryl methyl sites for hydroxylation is 1. The quantitative estimate of drug-likeness (QED) is 0.500. The molecule has 0 spiro atoms. The van der Waals surface area contributed by atoms with Gasteiger partial charge in [-0.15, -0.1) is 21.5 Å². The molecule has 2 aromatic heterocycles. The molecule has 0 bridgehead atoms. The summed E-state index contributed by atoms with van der Waals surface area (Å²) in [7, 11) is 0. The summed E-state index contributed by atoms with van der Waals surface area (Å²) in [5.41, 5.74) is 5.93. The van der Waals surface area contributed by atoms with E-state index >= 15 is 0 Å². The minimum absolute atomic E-state index is 0.123. The molecular formula is C17H17N5O2S2. The van der Waals surface area contributed by atoms with Crippen LogP contribution >= 0.6 is 23.1 Å². The first-order chi connectivity index (χ1) is 12.6. The van der Waals surface area contributed by atoms with Gasteiger partial charge in [0.1, 0.15) is 5.82 Å². The summed E-state index contributed by atoms with van der Waals surface area (Å²) in [6.45, 7) is 2.51. The van der Waals surface area contributed by atoms with Crippen LogP contribution in [0.4, 0.5) is 0 Å². The summed E-state index contributed by atoms with van der Waals surface area (Å²) in [4.78, 5) is 24.3. The number of benzene rings is 1. The molecule has 0 atom stereocenters. The second kappa shape index (κ2) is 8.63. The first-order valence-corrected chi connectivity index (χ1v) is 9.69. The van der Waals surface area contributed by atoms with Crippen molar-refractivity contribution in [2.75, 3.05) is 5.75 Å². The number of nitrogens with zero attached hydrogens (tertiary/aromatic N) is 3. The Kier molecular flexibility index (Phi) is 6.03. The zero-order chi connectivity index (χ0) is 18.4. The smallest absolute Gasteiger partial charge is 0.279 e. The SMILES string of the molecule is Cc1nnc(SCC(=O)NNC(=O)c2cccs2)n1Cc1ccccc1. The van der Waals surface area contributed by atoms with Gasteiger partial charge in [-0.05, 0) is 23.9 Å². The van der Waals surface area contributed by atoms with Crippen LogP contribution in [-0.4, -0.2) is 32.3 Å². The van der Waals surface area contributed by atoms with E-state index in [4.69, 9.17) is 0 Å². The van der Waals surface area contributed by atoms with E-state index in [1.165, 1.54) is 23.1 Å². The lowest BCUT2D eigenvalue weighted by molar-refractivity contribution is -0.119. The molecule has 0 unspecified atom stereocenters. The van der Waals surface area contributed by atoms with E-state index in [1.54, 1.807) is 17.5 Å². The van der Waals surface area contributed by atoms with Gasteiger partial charge in [-0.3, -0.25) is 20.4 Å². The van der Waals surface area contributed by atoms with Crippen molar-refractivity contribution < 1.29 is 9.59 Å². The summed E-state index contributed by atoms with van der Waals surface area (Å²) in [5.74, 6) is 0.258. The summed E-state index contributed by atoms with van der Waals surface area (Å²) >= 11 is 2.58. The van der Waals surface area contributed by atoms with Crippen LogP contribution in [0.15, 0.2) is 53.0 Å². The first kappa shape index (κ1) is 18.2. The van der Waals surface area contributed by atoms with E-state index in [0.717, 1.165) is 11.4 Å². The van der Waals surface area contributed by atoms with E-state index in [9.17, 15) is 9.59 Å². The van der Waals surface area contributed by atoms with E-state index < -0.39 is 0 Å². The van der Waals surface area contributed by atoms with Crippen LogP contribution in [0.25, 0.3) is 0 Å². The van der Waals surface area contributed by atoms with Crippen molar-refractivity contribution in [2.24, 2.45) is 0 Å². The lowest BCUT2D eigenvalue weighted by Crippen LogP contribution is -2.42. The average molecular weight is 387 g/mol. The van der Waals surface area contributed by atoms with Crippen LogP contribution in [0.3, 0.4) is 0 Å².